The van der Waals surface area contributed by atoms with Crippen molar-refractivity contribution in [1.82, 2.24) is 9.80 Å². The number of rotatable bonds is 4. The summed E-state index contributed by atoms with van der Waals surface area (Å²) in [4.78, 5) is 15.0. The molecule has 0 amide bonds. The van der Waals surface area contributed by atoms with E-state index in [1.165, 1.54) is 12.1 Å². The Morgan fingerprint density at radius 2 is 1.95 bits per heavy atom. The van der Waals surface area contributed by atoms with Crippen molar-refractivity contribution in [2.24, 2.45) is 0 Å². The summed E-state index contributed by atoms with van der Waals surface area (Å²) in [6.45, 7) is 4.24. The van der Waals surface area contributed by atoms with E-state index in [0.717, 1.165) is 32.2 Å². The van der Waals surface area contributed by atoms with Crippen LogP contribution in [0.4, 0.5) is 8.78 Å². The Labute approximate surface area is 116 Å². The van der Waals surface area contributed by atoms with Crippen molar-refractivity contribution in [2.75, 3.05) is 33.2 Å². The van der Waals surface area contributed by atoms with E-state index in [0.29, 0.717) is 12.1 Å². The Hall–Kier alpha value is -1.53. The van der Waals surface area contributed by atoms with Gasteiger partial charge in [0.2, 0.25) is 0 Å². The van der Waals surface area contributed by atoms with Crippen LogP contribution in [0.1, 0.15) is 11.1 Å². The molecule has 1 saturated heterocycles. The molecule has 110 valence electrons. The van der Waals surface area contributed by atoms with Gasteiger partial charge >= 0.3 is 11.9 Å². The second-order valence-electron chi connectivity index (χ2n) is 5.16. The molecular weight excluding hydrogens is 266 g/mol. The van der Waals surface area contributed by atoms with Gasteiger partial charge in [0.25, 0.3) is 0 Å². The number of piperazine rings is 1. The van der Waals surface area contributed by atoms with Gasteiger partial charge in [-0.3, -0.25) is 4.90 Å². The van der Waals surface area contributed by atoms with Gasteiger partial charge in [0.05, 0.1) is 0 Å². The lowest BCUT2D eigenvalue weighted by Crippen LogP contribution is -2.43. The normalized spacial score (nSPS) is 18.1. The minimum Gasteiger partial charge on any atom is -0.477 e. The van der Waals surface area contributed by atoms with Crippen molar-refractivity contribution in [1.29, 1.82) is 0 Å². The van der Waals surface area contributed by atoms with Crippen LogP contribution in [0, 0.1) is 0 Å². The fourth-order valence-electron chi connectivity index (χ4n) is 2.25. The van der Waals surface area contributed by atoms with Crippen molar-refractivity contribution in [3.05, 3.63) is 35.4 Å². The summed E-state index contributed by atoms with van der Waals surface area (Å²) < 4.78 is 26.9. The van der Waals surface area contributed by atoms with Crippen molar-refractivity contribution in [3.63, 3.8) is 0 Å². The Bertz CT molecular complexity index is 486. The molecule has 0 radical (unpaired) electrons. The molecule has 0 unspecified atom stereocenters. The molecule has 0 bridgehead atoms. The maximum Gasteiger partial charge on any atom is 0.379 e. The molecule has 0 saturated carbocycles. The molecule has 1 heterocycles. The minimum absolute atomic E-state index is 0.461. The summed E-state index contributed by atoms with van der Waals surface area (Å²) in [5, 5.41) is 8.57. The second kappa shape index (κ2) is 5.85. The van der Waals surface area contributed by atoms with Crippen LogP contribution in [-0.4, -0.2) is 54.1 Å². The number of nitrogens with zero attached hydrogens (tertiary/aromatic N) is 2. The van der Waals surface area contributed by atoms with Crippen LogP contribution in [0.25, 0.3) is 0 Å². The molecule has 6 heteroatoms. The maximum atomic E-state index is 13.5. The molecule has 0 aliphatic carbocycles. The van der Waals surface area contributed by atoms with Crippen molar-refractivity contribution in [2.45, 2.75) is 12.5 Å². The van der Waals surface area contributed by atoms with Crippen LogP contribution < -0.4 is 0 Å². The zero-order valence-electron chi connectivity index (χ0n) is 11.4. The fourth-order valence-corrected chi connectivity index (χ4v) is 2.25. The summed E-state index contributed by atoms with van der Waals surface area (Å²) in [5.74, 6) is -5.95. The molecule has 1 aromatic rings. The van der Waals surface area contributed by atoms with E-state index in [1.807, 2.05) is 7.05 Å². The smallest absolute Gasteiger partial charge is 0.379 e. The van der Waals surface area contributed by atoms with Gasteiger partial charge in [-0.15, -0.1) is 0 Å². The van der Waals surface area contributed by atoms with Crippen LogP contribution in [0.2, 0.25) is 0 Å². The quantitative estimate of drug-likeness (QED) is 0.912. The molecule has 1 aromatic carbocycles. The summed E-state index contributed by atoms with van der Waals surface area (Å²) in [7, 11) is 2.05. The average Bonchev–Trinajstić information content (AvgIpc) is 2.41. The topological polar surface area (TPSA) is 43.8 Å². The molecule has 20 heavy (non-hydrogen) atoms. The third-order valence-corrected chi connectivity index (χ3v) is 3.56. The van der Waals surface area contributed by atoms with Gasteiger partial charge in [-0.1, -0.05) is 18.2 Å². The Morgan fingerprint density at radius 3 is 2.55 bits per heavy atom. The molecule has 0 atom stereocenters. The lowest BCUT2D eigenvalue weighted by molar-refractivity contribution is -0.166. The minimum atomic E-state index is -3.84. The first-order valence-electron chi connectivity index (χ1n) is 6.51. The highest BCUT2D eigenvalue weighted by Gasteiger charge is 2.41. The molecule has 1 fully saturated rings. The van der Waals surface area contributed by atoms with Crippen LogP contribution >= 0.6 is 0 Å². The van der Waals surface area contributed by atoms with Gasteiger partial charge in [-0.05, 0) is 18.7 Å². The first kappa shape index (κ1) is 14.9. The highest BCUT2D eigenvalue weighted by Crippen LogP contribution is 2.29. The molecule has 4 nitrogen and oxygen atoms in total. The van der Waals surface area contributed by atoms with Crippen LogP contribution in [-0.2, 0) is 17.3 Å². The summed E-state index contributed by atoms with van der Waals surface area (Å²) in [6, 6.07) is 5.67. The van der Waals surface area contributed by atoms with Gasteiger partial charge in [-0.25, -0.2) is 4.79 Å². The van der Waals surface area contributed by atoms with E-state index in [2.05, 4.69) is 9.80 Å². The second-order valence-corrected chi connectivity index (χ2v) is 5.16. The van der Waals surface area contributed by atoms with Crippen LogP contribution in [0.15, 0.2) is 24.3 Å². The van der Waals surface area contributed by atoms with Gasteiger partial charge in [0.1, 0.15) is 0 Å². The molecule has 1 aliphatic rings. The number of halogens is 2. The highest BCUT2D eigenvalue weighted by atomic mass is 19.3. The summed E-state index contributed by atoms with van der Waals surface area (Å²) >= 11 is 0. The van der Waals surface area contributed by atoms with E-state index >= 15 is 0 Å². The highest BCUT2D eigenvalue weighted by molar-refractivity contribution is 5.77. The largest absolute Gasteiger partial charge is 0.477 e. The standard InChI is InChI=1S/C14H18F2N2O2/c1-17-5-7-18(8-6-17)10-11-3-2-4-12(9-11)14(15,16)13(19)20/h2-4,9H,5-8,10H2,1H3,(H,19,20). The monoisotopic (exact) mass is 284 g/mol. The first-order valence-corrected chi connectivity index (χ1v) is 6.51. The van der Waals surface area contributed by atoms with E-state index in [9.17, 15) is 13.6 Å². The number of hydrogen-bond donors (Lipinski definition) is 1. The maximum absolute atomic E-state index is 13.5. The van der Waals surface area contributed by atoms with Crippen LogP contribution in [0.3, 0.4) is 0 Å². The Balaban J connectivity index is 2.08. The number of carboxylic acid groups (broad SMARTS) is 1. The lowest BCUT2D eigenvalue weighted by Gasteiger charge is -2.32. The number of hydrogen-bond acceptors (Lipinski definition) is 3. The average molecular weight is 284 g/mol. The number of carbonyl (C=O) groups is 1. The predicted molar refractivity (Wildman–Crippen MR) is 70.7 cm³/mol. The number of carboxylic acids is 1. The zero-order chi connectivity index (χ0) is 14.8. The predicted octanol–water partition coefficient (Wildman–Crippen LogP) is 1.61. The Kier molecular flexibility index (Phi) is 4.35. The summed E-state index contributed by atoms with van der Waals surface area (Å²) in [5.41, 5.74) is 0.254. The Morgan fingerprint density at radius 1 is 1.30 bits per heavy atom. The van der Waals surface area contributed by atoms with Crippen molar-refractivity contribution < 1.29 is 18.7 Å². The third kappa shape index (κ3) is 3.32. The van der Waals surface area contributed by atoms with Gasteiger partial charge in [0, 0.05) is 38.3 Å². The third-order valence-electron chi connectivity index (χ3n) is 3.56. The van der Waals surface area contributed by atoms with Crippen LogP contribution in [0.5, 0.6) is 0 Å². The number of aliphatic carboxylic acids is 1. The molecule has 0 spiro atoms. The molecular formula is C14H18F2N2O2. The van der Waals surface area contributed by atoms with Gasteiger partial charge in [0.15, 0.2) is 0 Å². The lowest BCUT2D eigenvalue weighted by atomic mass is 10.0. The molecule has 2 rings (SSSR count). The summed E-state index contributed by atoms with van der Waals surface area (Å²) in [6.07, 6.45) is 0. The van der Waals surface area contributed by atoms with E-state index in [-0.39, 0.29) is 0 Å². The van der Waals surface area contributed by atoms with Gasteiger partial charge in [-0.2, -0.15) is 8.78 Å². The molecule has 0 aromatic heterocycles. The molecule has 1 aliphatic heterocycles. The number of likely N-dealkylation sites (N-methyl/N-ethyl adjacent to an activating group) is 1. The zero-order valence-corrected chi connectivity index (χ0v) is 11.4. The fraction of sp³-hybridized carbons (Fsp3) is 0.500. The van der Waals surface area contributed by atoms with E-state index in [1.54, 1.807) is 6.07 Å². The van der Waals surface area contributed by atoms with E-state index in [4.69, 9.17) is 5.11 Å². The number of benzene rings is 1. The first-order chi connectivity index (χ1) is 9.39. The molecule has 1 N–H and O–H groups in total. The number of alkyl halides is 2. The van der Waals surface area contributed by atoms with Crippen molar-refractivity contribution in [3.8, 4) is 0 Å². The van der Waals surface area contributed by atoms with Gasteiger partial charge < -0.3 is 10.0 Å². The SMILES string of the molecule is CN1CCN(Cc2cccc(C(F)(F)C(=O)O)c2)CC1. The van der Waals surface area contributed by atoms with E-state index < -0.39 is 17.5 Å². The van der Waals surface area contributed by atoms with Crippen molar-refractivity contribution >= 4 is 5.97 Å².